The van der Waals surface area contributed by atoms with Crippen LogP contribution < -0.4 is 33.2 Å². The quantitative estimate of drug-likeness (QED) is 0.102. The Morgan fingerprint density at radius 3 is 2.11 bits per heavy atom. The van der Waals surface area contributed by atoms with Gasteiger partial charge in [-0.3, -0.25) is 19.4 Å². The van der Waals surface area contributed by atoms with Crippen molar-refractivity contribution in [1.29, 1.82) is 0 Å². The number of benzene rings is 2. The summed E-state index contributed by atoms with van der Waals surface area (Å²) in [4.78, 5) is 42.8. The van der Waals surface area contributed by atoms with Crippen molar-refractivity contribution in [2.45, 2.75) is 50.7 Å². The van der Waals surface area contributed by atoms with Crippen LogP contribution in [0, 0.1) is 0 Å². The van der Waals surface area contributed by atoms with E-state index in [2.05, 4.69) is 20.9 Å². The molecule has 0 bridgehead atoms. The molecule has 3 amide bonds. The Morgan fingerprint density at radius 2 is 1.49 bits per heavy atom. The lowest BCUT2D eigenvalue weighted by Gasteiger charge is -2.24. The molecule has 0 aromatic heterocycles. The minimum absolute atomic E-state index is 0.0693. The van der Waals surface area contributed by atoms with Gasteiger partial charge in [-0.25, -0.2) is 0 Å². The average Bonchev–Trinajstić information content (AvgIpc) is 2.87. The predicted octanol–water partition coefficient (Wildman–Crippen LogP) is -0.336. The molecule has 0 saturated heterocycles. The first-order chi connectivity index (χ1) is 17.7. The van der Waals surface area contributed by atoms with Crippen molar-refractivity contribution in [3.63, 3.8) is 0 Å². The number of hydrogen-bond acceptors (Lipinski definition) is 6. The number of phenolic OH excluding ortho intramolecular Hbond substituents is 1. The molecule has 0 fully saturated rings. The van der Waals surface area contributed by atoms with Gasteiger partial charge < -0.3 is 38.3 Å². The number of nitrogens with one attached hydrogen (secondary N) is 3. The lowest BCUT2D eigenvalue weighted by molar-refractivity contribution is -0.132. The maximum Gasteiger partial charge on any atom is 0.243 e. The lowest BCUT2D eigenvalue weighted by Crippen LogP contribution is -2.56. The van der Waals surface area contributed by atoms with Gasteiger partial charge in [0.25, 0.3) is 0 Å². The van der Waals surface area contributed by atoms with E-state index < -0.39 is 29.9 Å². The molecule has 10 N–H and O–H groups in total. The molecule has 0 aliphatic rings. The molecule has 0 unspecified atom stereocenters. The molecule has 2 aromatic rings. The standard InChI is InChI=1S/C26H37N7O4/c1-2-30-24(36)22(16-17-7-4-3-5-8-17)33-25(37)21(9-6-14-31-26(28)29)32-23(35)20(27)15-18-10-12-19(34)13-11-18/h3-5,7-8,10-13,20-22,34H,2,6,9,14-16,27H2,1H3,(H,30,36)(H,32,35)(H,33,37)(H4,28,29,31)/t20-,21+,22-/m0/s1. The number of rotatable bonds is 14. The van der Waals surface area contributed by atoms with Gasteiger partial charge in [0, 0.05) is 19.5 Å². The van der Waals surface area contributed by atoms with Crippen LogP contribution in [-0.4, -0.2) is 60.0 Å². The summed E-state index contributed by atoms with van der Waals surface area (Å²) in [5.74, 6) is -1.32. The third-order valence-electron chi connectivity index (χ3n) is 5.57. The van der Waals surface area contributed by atoms with Crippen LogP contribution in [0.25, 0.3) is 0 Å². The van der Waals surface area contributed by atoms with Crippen molar-refractivity contribution < 1.29 is 19.5 Å². The molecule has 0 radical (unpaired) electrons. The minimum Gasteiger partial charge on any atom is -0.508 e. The Labute approximate surface area is 216 Å². The third-order valence-corrected chi connectivity index (χ3v) is 5.57. The van der Waals surface area contributed by atoms with Crippen molar-refractivity contribution >= 4 is 23.7 Å². The fraction of sp³-hybridized carbons (Fsp3) is 0.385. The van der Waals surface area contributed by atoms with Gasteiger partial charge in [-0.05, 0) is 49.4 Å². The molecule has 2 aromatic carbocycles. The highest BCUT2D eigenvalue weighted by molar-refractivity contribution is 5.93. The van der Waals surface area contributed by atoms with Gasteiger partial charge in [0.1, 0.15) is 17.8 Å². The minimum atomic E-state index is -0.958. The van der Waals surface area contributed by atoms with Crippen LogP contribution in [0.15, 0.2) is 59.6 Å². The van der Waals surface area contributed by atoms with Crippen LogP contribution in [0.1, 0.15) is 30.9 Å². The number of aliphatic imine (C=N–C) groups is 1. The molecule has 0 saturated carbocycles. The van der Waals surface area contributed by atoms with Crippen LogP contribution in [0.3, 0.4) is 0 Å². The van der Waals surface area contributed by atoms with E-state index >= 15 is 0 Å². The molecule has 2 rings (SSSR count). The summed E-state index contributed by atoms with van der Waals surface area (Å²) < 4.78 is 0. The summed E-state index contributed by atoms with van der Waals surface area (Å²) in [7, 11) is 0. The Hall–Kier alpha value is -4.12. The molecule has 0 spiro atoms. The monoisotopic (exact) mass is 511 g/mol. The largest absolute Gasteiger partial charge is 0.508 e. The SMILES string of the molecule is CCNC(=O)[C@H](Cc1ccccc1)NC(=O)[C@@H](CCCN=C(N)N)NC(=O)[C@@H](N)Cc1ccc(O)cc1. The number of nitrogens with two attached hydrogens (primary N) is 3. The van der Waals surface area contributed by atoms with E-state index in [4.69, 9.17) is 17.2 Å². The molecule has 200 valence electrons. The first-order valence-corrected chi connectivity index (χ1v) is 12.2. The summed E-state index contributed by atoms with van der Waals surface area (Å²) in [6.45, 7) is 2.47. The highest BCUT2D eigenvalue weighted by Crippen LogP contribution is 2.11. The van der Waals surface area contributed by atoms with Crippen molar-refractivity contribution in [3.8, 4) is 5.75 Å². The zero-order chi connectivity index (χ0) is 27.2. The molecular formula is C26H37N7O4. The van der Waals surface area contributed by atoms with Crippen LogP contribution in [-0.2, 0) is 27.2 Å². The smallest absolute Gasteiger partial charge is 0.243 e. The highest BCUT2D eigenvalue weighted by atomic mass is 16.3. The Balaban J connectivity index is 2.13. The number of aromatic hydroxyl groups is 1. The molecule has 37 heavy (non-hydrogen) atoms. The molecule has 0 aliphatic carbocycles. The zero-order valence-corrected chi connectivity index (χ0v) is 21.0. The molecular weight excluding hydrogens is 474 g/mol. The van der Waals surface area contributed by atoms with Crippen molar-refractivity contribution in [3.05, 3.63) is 65.7 Å². The van der Waals surface area contributed by atoms with E-state index in [1.807, 2.05) is 30.3 Å². The van der Waals surface area contributed by atoms with E-state index in [9.17, 15) is 19.5 Å². The fourth-order valence-corrected chi connectivity index (χ4v) is 3.66. The predicted molar refractivity (Wildman–Crippen MR) is 142 cm³/mol. The summed E-state index contributed by atoms with van der Waals surface area (Å²) in [5.41, 5.74) is 18.5. The number of guanidine groups is 1. The van der Waals surface area contributed by atoms with E-state index in [-0.39, 0.29) is 43.4 Å². The fourth-order valence-electron chi connectivity index (χ4n) is 3.66. The molecule has 3 atom stereocenters. The van der Waals surface area contributed by atoms with Gasteiger partial charge in [0.05, 0.1) is 6.04 Å². The Morgan fingerprint density at radius 1 is 0.865 bits per heavy atom. The number of carbonyl (C=O) groups is 3. The number of likely N-dealkylation sites (N-methyl/N-ethyl adjacent to an activating group) is 1. The number of phenols is 1. The first kappa shape index (κ1) is 29.1. The highest BCUT2D eigenvalue weighted by Gasteiger charge is 2.28. The van der Waals surface area contributed by atoms with E-state index in [0.29, 0.717) is 13.0 Å². The lowest BCUT2D eigenvalue weighted by atomic mass is 10.0. The first-order valence-electron chi connectivity index (χ1n) is 12.2. The van der Waals surface area contributed by atoms with Crippen LogP contribution >= 0.6 is 0 Å². The van der Waals surface area contributed by atoms with Gasteiger partial charge in [-0.15, -0.1) is 0 Å². The van der Waals surface area contributed by atoms with E-state index in [1.165, 1.54) is 12.1 Å². The zero-order valence-electron chi connectivity index (χ0n) is 21.0. The summed E-state index contributed by atoms with van der Waals surface area (Å²) in [6, 6.07) is 12.9. The molecule has 0 heterocycles. The van der Waals surface area contributed by atoms with Crippen molar-refractivity contribution in [2.75, 3.05) is 13.1 Å². The van der Waals surface area contributed by atoms with Gasteiger partial charge in [0.2, 0.25) is 17.7 Å². The number of nitrogens with zero attached hydrogens (tertiary/aromatic N) is 1. The summed E-state index contributed by atoms with van der Waals surface area (Å²) in [6.07, 6.45) is 1.14. The maximum atomic E-state index is 13.3. The van der Waals surface area contributed by atoms with E-state index in [1.54, 1.807) is 19.1 Å². The summed E-state index contributed by atoms with van der Waals surface area (Å²) in [5, 5.41) is 17.7. The van der Waals surface area contributed by atoms with Crippen LogP contribution in [0.5, 0.6) is 5.75 Å². The topological polar surface area (TPSA) is 198 Å². The molecule has 0 aliphatic heterocycles. The van der Waals surface area contributed by atoms with Crippen molar-refractivity contribution in [1.82, 2.24) is 16.0 Å². The Bertz CT molecular complexity index is 1040. The second-order valence-electron chi connectivity index (χ2n) is 8.63. The van der Waals surface area contributed by atoms with Gasteiger partial charge >= 0.3 is 0 Å². The van der Waals surface area contributed by atoms with Gasteiger partial charge in [0.15, 0.2) is 5.96 Å². The van der Waals surface area contributed by atoms with E-state index in [0.717, 1.165) is 11.1 Å². The van der Waals surface area contributed by atoms with Gasteiger partial charge in [-0.1, -0.05) is 42.5 Å². The van der Waals surface area contributed by atoms with Gasteiger partial charge in [-0.2, -0.15) is 0 Å². The number of amides is 3. The normalized spacial score (nSPS) is 13.0. The van der Waals surface area contributed by atoms with Crippen LogP contribution in [0.4, 0.5) is 0 Å². The average molecular weight is 512 g/mol. The number of hydrogen-bond donors (Lipinski definition) is 7. The van der Waals surface area contributed by atoms with Crippen LogP contribution in [0.2, 0.25) is 0 Å². The second-order valence-corrected chi connectivity index (χ2v) is 8.63. The number of carbonyl (C=O) groups excluding carboxylic acids is 3. The third kappa shape index (κ3) is 10.6. The van der Waals surface area contributed by atoms with Crippen molar-refractivity contribution in [2.24, 2.45) is 22.2 Å². The molecule has 11 heteroatoms. The second kappa shape index (κ2) is 15.1. The maximum absolute atomic E-state index is 13.3. The molecule has 11 nitrogen and oxygen atoms in total. The summed E-state index contributed by atoms with van der Waals surface area (Å²) >= 11 is 0. The Kier molecular flexibility index (Phi) is 11.9.